The first-order valence-electron chi connectivity index (χ1n) is 7.62. The molecule has 5 nitrogen and oxygen atoms in total. The molecule has 7 heteroatoms. The Labute approximate surface area is 143 Å². The highest BCUT2D eigenvalue weighted by molar-refractivity contribution is 7.89. The van der Waals surface area contributed by atoms with Crippen LogP contribution in [-0.2, 0) is 10.0 Å². The van der Waals surface area contributed by atoms with Crippen molar-refractivity contribution in [3.05, 3.63) is 36.0 Å². The second kappa shape index (κ2) is 7.57. The van der Waals surface area contributed by atoms with Gasteiger partial charge in [0.05, 0.1) is 5.52 Å². The lowest BCUT2D eigenvalue weighted by Crippen LogP contribution is -2.38. The summed E-state index contributed by atoms with van der Waals surface area (Å²) in [5, 5.41) is 4.15. The standard InChI is InChI=1S/C16H21N3O2S.ClH/c1-12-8-14-5-2-6-15(16(14)18-9-12)22(20,21)19-11-13-4-3-7-17-10-13;/h2,5-6,8-9,13,17,19H,3-4,7,10-11H2,1H3;1H. The van der Waals surface area contributed by atoms with E-state index in [1.807, 2.05) is 19.1 Å². The Balaban J connectivity index is 0.00000192. The second-order valence-electron chi connectivity index (χ2n) is 5.90. The fraction of sp³-hybridized carbons (Fsp3) is 0.438. The summed E-state index contributed by atoms with van der Waals surface area (Å²) in [6, 6.07) is 7.22. The van der Waals surface area contributed by atoms with Crippen LogP contribution in [0.3, 0.4) is 0 Å². The number of fused-ring (bicyclic) bond motifs is 1. The van der Waals surface area contributed by atoms with Crippen LogP contribution < -0.4 is 10.0 Å². The summed E-state index contributed by atoms with van der Waals surface area (Å²) >= 11 is 0. The lowest BCUT2D eigenvalue weighted by molar-refractivity contribution is 0.376. The van der Waals surface area contributed by atoms with Crippen LogP contribution in [0.5, 0.6) is 0 Å². The number of hydrogen-bond donors (Lipinski definition) is 2. The van der Waals surface area contributed by atoms with Crippen molar-refractivity contribution in [3.63, 3.8) is 0 Å². The monoisotopic (exact) mass is 355 g/mol. The van der Waals surface area contributed by atoms with E-state index in [-0.39, 0.29) is 17.3 Å². The molecule has 3 rings (SSSR count). The lowest BCUT2D eigenvalue weighted by atomic mass is 10.0. The van der Waals surface area contributed by atoms with Gasteiger partial charge in [-0.2, -0.15) is 0 Å². The molecule has 0 saturated carbocycles. The van der Waals surface area contributed by atoms with Gasteiger partial charge in [0.2, 0.25) is 10.0 Å². The van der Waals surface area contributed by atoms with Gasteiger partial charge in [-0.1, -0.05) is 12.1 Å². The number of hydrogen-bond acceptors (Lipinski definition) is 4. The van der Waals surface area contributed by atoms with Crippen LogP contribution in [0.4, 0.5) is 0 Å². The topological polar surface area (TPSA) is 71.1 Å². The average Bonchev–Trinajstić information content (AvgIpc) is 2.53. The first kappa shape index (κ1) is 18.1. The highest BCUT2D eigenvalue weighted by Crippen LogP contribution is 2.22. The molecule has 0 bridgehead atoms. The molecular formula is C16H22ClN3O2S. The minimum absolute atomic E-state index is 0. The molecule has 1 aromatic carbocycles. The third-order valence-corrected chi connectivity index (χ3v) is 5.52. The molecule has 0 radical (unpaired) electrons. The van der Waals surface area contributed by atoms with Gasteiger partial charge in [0.1, 0.15) is 4.90 Å². The maximum Gasteiger partial charge on any atom is 0.242 e. The van der Waals surface area contributed by atoms with Crippen molar-refractivity contribution in [1.29, 1.82) is 0 Å². The molecule has 23 heavy (non-hydrogen) atoms. The molecule has 1 aromatic heterocycles. The zero-order valence-electron chi connectivity index (χ0n) is 13.1. The Kier molecular flexibility index (Phi) is 5.97. The number of aryl methyl sites for hydroxylation is 1. The maximum absolute atomic E-state index is 12.6. The number of piperidine rings is 1. The summed E-state index contributed by atoms with van der Waals surface area (Å²) in [5.74, 6) is 0.355. The van der Waals surface area contributed by atoms with E-state index in [1.165, 1.54) is 0 Å². The van der Waals surface area contributed by atoms with Gasteiger partial charge in [-0.15, -0.1) is 12.4 Å². The van der Waals surface area contributed by atoms with E-state index in [2.05, 4.69) is 15.0 Å². The third kappa shape index (κ3) is 4.20. The van der Waals surface area contributed by atoms with Crippen LogP contribution >= 0.6 is 12.4 Å². The van der Waals surface area contributed by atoms with Crippen LogP contribution in [0.2, 0.25) is 0 Å². The van der Waals surface area contributed by atoms with Crippen molar-refractivity contribution in [2.24, 2.45) is 5.92 Å². The molecule has 1 saturated heterocycles. The maximum atomic E-state index is 12.6. The average molecular weight is 356 g/mol. The van der Waals surface area contributed by atoms with Crippen molar-refractivity contribution in [1.82, 2.24) is 15.0 Å². The number of nitrogens with one attached hydrogen (secondary N) is 2. The highest BCUT2D eigenvalue weighted by atomic mass is 35.5. The molecule has 1 aliphatic heterocycles. The zero-order valence-corrected chi connectivity index (χ0v) is 14.7. The first-order chi connectivity index (χ1) is 10.6. The summed E-state index contributed by atoms with van der Waals surface area (Å²) in [5.41, 5.74) is 1.55. The van der Waals surface area contributed by atoms with Crippen LogP contribution in [-0.4, -0.2) is 33.0 Å². The highest BCUT2D eigenvalue weighted by Gasteiger charge is 2.21. The van der Waals surface area contributed by atoms with Gasteiger partial charge in [-0.05, 0) is 56.5 Å². The van der Waals surface area contributed by atoms with Gasteiger partial charge in [0.15, 0.2) is 0 Å². The molecule has 0 spiro atoms. The zero-order chi connectivity index (χ0) is 15.6. The van der Waals surface area contributed by atoms with Crippen molar-refractivity contribution in [2.75, 3.05) is 19.6 Å². The number of rotatable bonds is 4. The number of pyridine rings is 1. The normalized spacial score (nSPS) is 18.6. The molecule has 126 valence electrons. The fourth-order valence-electron chi connectivity index (χ4n) is 2.86. The molecule has 1 atom stereocenters. The Hall–Kier alpha value is -1.21. The van der Waals surface area contributed by atoms with Gasteiger partial charge in [0.25, 0.3) is 0 Å². The van der Waals surface area contributed by atoms with E-state index in [0.29, 0.717) is 18.0 Å². The Bertz CT molecular complexity index is 774. The summed E-state index contributed by atoms with van der Waals surface area (Å²) in [7, 11) is -3.54. The number of para-hydroxylation sites is 1. The number of aromatic nitrogens is 1. The minimum Gasteiger partial charge on any atom is -0.316 e. The summed E-state index contributed by atoms with van der Waals surface area (Å²) in [6.45, 7) is 4.31. The van der Waals surface area contributed by atoms with Crippen molar-refractivity contribution in [3.8, 4) is 0 Å². The molecule has 0 amide bonds. The van der Waals surface area contributed by atoms with E-state index >= 15 is 0 Å². The van der Waals surface area contributed by atoms with E-state index in [9.17, 15) is 8.42 Å². The molecule has 0 aliphatic carbocycles. The molecule has 1 unspecified atom stereocenters. The Morgan fingerprint density at radius 2 is 2.22 bits per heavy atom. The Morgan fingerprint density at radius 1 is 1.39 bits per heavy atom. The third-order valence-electron chi connectivity index (χ3n) is 4.06. The SMILES string of the molecule is Cc1cnc2c(S(=O)(=O)NCC3CCCNC3)cccc2c1.Cl. The van der Waals surface area contributed by atoms with Crippen molar-refractivity contribution < 1.29 is 8.42 Å². The van der Waals surface area contributed by atoms with Gasteiger partial charge in [-0.3, -0.25) is 4.98 Å². The van der Waals surface area contributed by atoms with Crippen LogP contribution in [0.15, 0.2) is 35.4 Å². The summed E-state index contributed by atoms with van der Waals surface area (Å²) in [4.78, 5) is 4.57. The summed E-state index contributed by atoms with van der Waals surface area (Å²) < 4.78 is 27.9. The number of nitrogens with zero attached hydrogens (tertiary/aromatic N) is 1. The predicted octanol–water partition coefficient (Wildman–Crippen LogP) is 2.24. The van der Waals surface area contributed by atoms with Gasteiger partial charge in [-0.25, -0.2) is 13.1 Å². The Morgan fingerprint density at radius 3 is 2.96 bits per heavy atom. The van der Waals surface area contributed by atoms with E-state index < -0.39 is 10.0 Å². The molecule has 1 aliphatic rings. The van der Waals surface area contributed by atoms with E-state index in [0.717, 1.165) is 36.9 Å². The number of halogens is 1. The molecule has 2 heterocycles. The quantitative estimate of drug-likeness (QED) is 0.882. The van der Waals surface area contributed by atoms with Crippen LogP contribution in [0.1, 0.15) is 18.4 Å². The lowest BCUT2D eigenvalue weighted by Gasteiger charge is -2.22. The first-order valence-corrected chi connectivity index (χ1v) is 9.10. The van der Waals surface area contributed by atoms with Gasteiger partial charge < -0.3 is 5.32 Å². The van der Waals surface area contributed by atoms with E-state index in [1.54, 1.807) is 18.3 Å². The molecular weight excluding hydrogens is 334 g/mol. The van der Waals surface area contributed by atoms with Crippen LogP contribution in [0.25, 0.3) is 10.9 Å². The number of sulfonamides is 1. The predicted molar refractivity (Wildman–Crippen MR) is 94.5 cm³/mol. The summed E-state index contributed by atoms with van der Waals surface area (Å²) in [6.07, 6.45) is 3.86. The largest absolute Gasteiger partial charge is 0.316 e. The van der Waals surface area contributed by atoms with Crippen molar-refractivity contribution in [2.45, 2.75) is 24.7 Å². The minimum atomic E-state index is -3.54. The van der Waals surface area contributed by atoms with Gasteiger partial charge >= 0.3 is 0 Å². The smallest absolute Gasteiger partial charge is 0.242 e. The number of benzene rings is 1. The second-order valence-corrected chi connectivity index (χ2v) is 7.64. The molecule has 1 fully saturated rings. The van der Waals surface area contributed by atoms with Crippen molar-refractivity contribution >= 4 is 33.3 Å². The molecule has 2 aromatic rings. The van der Waals surface area contributed by atoms with Gasteiger partial charge in [0, 0.05) is 18.1 Å². The van der Waals surface area contributed by atoms with E-state index in [4.69, 9.17) is 0 Å². The molecule has 2 N–H and O–H groups in total. The van der Waals surface area contributed by atoms with Crippen LogP contribution in [0, 0.1) is 12.8 Å². The fourth-order valence-corrected chi connectivity index (χ4v) is 4.16.